The molecule has 0 radical (unpaired) electrons. The minimum Gasteiger partial charge on any atom is -0.383 e. The van der Waals surface area contributed by atoms with E-state index in [1.807, 2.05) is 17.2 Å². The Bertz CT molecular complexity index is 571. The molecule has 1 unspecified atom stereocenters. The minimum absolute atomic E-state index is 0.0111. The zero-order valence-electron chi connectivity index (χ0n) is 15.1. The van der Waals surface area contributed by atoms with Crippen molar-refractivity contribution in [2.45, 2.75) is 43.5 Å². The molecular formula is C17H27N3O3S2. The van der Waals surface area contributed by atoms with E-state index in [1.54, 1.807) is 30.2 Å². The van der Waals surface area contributed by atoms with Gasteiger partial charge < -0.3 is 15.0 Å². The molecule has 0 saturated carbocycles. The van der Waals surface area contributed by atoms with Crippen molar-refractivity contribution in [1.82, 2.24) is 15.2 Å². The van der Waals surface area contributed by atoms with Gasteiger partial charge in [0.15, 0.2) is 0 Å². The quantitative estimate of drug-likeness (QED) is 0.695. The van der Waals surface area contributed by atoms with Gasteiger partial charge in [0.2, 0.25) is 11.8 Å². The second-order valence-corrected chi connectivity index (χ2v) is 8.60. The number of aromatic nitrogens is 1. The van der Waals surface area contributed by atoms with Crippen LogP contribution in [0.3, 0.4) is 0 Å². The zero-order valence-corrected chi connectivity index (χ0v) is 16.8. The lowest BCUT2D eigenvalue weighted by molar-refractivity contribution is -0.135. The largest absolute Gasteiger partial charge is 0.383 e. The molecule has 6 nitrogen and oxygen atoms in total. The van der Waals surface area contributed by atoms with Gasteiger partial charge in [0.1, 0.15) is 4.34 Å². The zero-order chi connectivity index (χ0) is 18.2. The van der Waals surface area contributed by atoms with Crippen LogP contribution in [0.2, 0.25) is 0 Å². The van der Waals surface area contributed by atoms with E-state index < -0.39 is 0 Å². The summed E-state index contributed by atoms with van der Waals surface area (Å²) < 4.78 is 6.06. The van der Waals surface area contributed by atoms with Crippen LogP contribution in [0.25, 0.3) is 0 Å². The molecule has 1 fully saturated rings. The smallest absolute Gasteiger partial charge is 0.228 e. The number of amides is 2. The average Bonchev–Trinajstić information content (AvgIpc) is 3.02. The van der Waals surface area contributed by atoms with Crippen molar-refractivity contribution in [1.29, 1.82) is 0 Å². The number of piperidine rings is 1. The topological polar surface area (TPSA) is 71.5 Å². The summed E-state index contributed by atoms with van der Waals surface area (Å²) in [5, 5.41) is 4.94. The summed E-state index contributed by atoms with van der Waals surface area (Å²) in [5.41, 5.74) is 0.846. The summed E-state index contributed by atoms with van der Waals surface area (Å²) >= 11 is 3.29. The molecule has 2 heterocycles. The van der Waals surface area contributed by atoms with Crippen LogP contribution in [0, 0.1) is 5.92 Å². The number of methoxy groups -OCH3 is 1. The number of ether oxygens (including phenoxy) is 1. The third-order valence-corrected chi connectivity index (χ3v) is 6.11. The fourth-order valence-electron chi connectivity index (χ4n) is 2.87. The van der Waals surface area contributed by atoms with Gasteiger partial charge in [0.25, 0.3) is 0 Å². The summed E-state index contributed by atoms with van der Waals surface area (Å²) in [6, 6.07) is 0.0111. The van der Waals surface area contributed by atoms with E-state index in [0.29, 0.717) is 39.0 Å². The minimum atomic E-state index is -0.0183. The highest BCUT2D eigenvalue weighted by Crippen LogP contribution is 2.23. The van der Waals surface area contributed by atoms with Gasteiger partial charge in [-0.05, 0) is 25.5 Å². The molecule has 140 valence electrons. The molecule has 1 N–H and O–H groups in total. The van der Waals surface area contributed by atoms with Crippen LogP contribution >= 0.6 is 23.1 Å². The van der Waals surface area contributed by atoms with Crippen molar-refractivity contribution in [3.05, 3.63) is 11.1 Å². The van der Waals surface area contributed by atoms with Gasteiger partial charge in [-0.25, -0.2) is 4.98 Å². The van der Waals surface area contributed by atoms with E-state index in [9.17, 15) is 9.59 Å². The monoisotopic (exact) mass is 385 g/mol. The van der Waals surface area contributed by atoms with Gasteiger partial charge in [-0.1, -0.05) is 18.7 Å². The fraction of sp³-hybridized carbons (Fsp3) is 0.706. The van der Waals surface area contributed by atoms with Gasteiger partial charge in [0, 0.05) is 37.5 Å². The molecule has 2 rings (SSSR count). The van der Waals surface area contributed by atoms with Crippen LogP contribution in [0.1, 0.15) is 32.4 Å². The van der Waals surface area contributed by atoms with Gasteiger partial charge in [-0.2, -0.15) is 0 Å². The standard InChI is InChI=1S/C17H27N3O3S2/c1-4-24-17-19-14(11-25-17)9-15(21)20-7-5-13(6-8-20)16(22)18-12(2)10-23-3/h11-13H,4-10H2,1-3H3,(H,18,22). The Hall–Kier alpha value is -1.12. The summed E-state index contributed by atoms with van der Waals surface area (Å²) in [6.45, 7) is 5.80. The molecular weight excluding hydrogens is 358 g/mol. The fourth-order valence-corrected chi connectivity index (χ4v) is 4.61. The lowest BCUT2D eigenvalue weighted by Gasteiger charge is -2.31. The number of thioether (sulfide) groups is 1. The maximum Gasteiger partial charge on any atom is 0.228 e. The predicted octanol–water partition coefficient (Wildman–Crippen LogP) is 2.19. The van der Waals surface area contributed by atoms with E-state index in [1.165, 1.54) is 0 Å². The van der Waals surface area contributed by atoms with E-state index in [4.69, 9.17) is 4.74 Å². The molecule has 1 aromatic rings. The summed E-state index contributed by atoms with van der Waals surface area (Å²) in [5.74, 6) is 1.14. The van der Waals surface area contributed by atoms with Crippen molar-refractivity contribution < 1.29 is 14.3 Å². The highest BCUT2D eigenvalue weighted by atomic mass is 32.2. The molecule has 0 spiro atoms. The molecule has 25 heavy (non-hydrogen) atoms. The Morgan fingerprint density at radius 3 is 2.84 bits per heavy atom. The highest BCUT2D eigenvalue weighted by Gasteiger charge is 2.28. The second-order valence-electron chi connectivity index (χ2n) is 6.23. The van der Waals surface area contributed by atoms with E-state index >= 15 is 0 Å². The van der Waals surface area contributed by atoms with Gasteiger partial charge in [-0.3, -0.25) is 9.59 Å². The molecule has 8 heteroatoms. The maximum atomic E-state index is 12.4. The molecule has 0 aromatic carbocycles. The third kappa shape index (κ3) is 6.27. The number of carbonyl (C=O) groups excluding carboxylic acids is 2. The molecule has 0 bridgehead atoms. The predicted molar refractivity (Wildman–Crippen MR) is 101 cm³/mol. The van der Waals surface area contributed by atoms with Crippen LogP contribution in [0.15, 0.2) is 9.72 Å². The average molecular weight is 386 g/mol. The lowest BCUT2D eigenvalue weighted by atomic mass is 9.95. The summed E-state index contributed by atoms with van der Waals surface area (Å²) in [4.78, 5) is 31.0. The van der Waals surface area contributed by atoms with Gasteiger partial charge in [0.05, 0.1) is 18.7 Å². The number of nitrogens with zero attached hydrogens (tertiary/aromatic N) is 2. The Labute approximate surface area is 157 Å². The highest BCUT2D eigenvalue weighted by molar-refractivity contribution is 8.00. The van der Waals surface area contributed by atoms with E-state index in [2.05, 4.69) is 17.2 Å². The molecule has 1 aromatic heterocycles. The Morgan fingerprint density at radius 1 is 1.48 bits per heavy atom. The Kier molecular flexibility index (Phi) is 8.18. The first-order valence-corrected chi connectivity index (χ1v) is 10.5. The molecule has 1 aliphatic heterocycles. The number of hydrogen-bond acceptors (Lipinski definition) is 6. The van der Waals surface area contributed by atoms with Crippen LogP contribution < -0.4 is 5.32 Å². The van der Waals surface area contributed by atoms with Crippen LogP contribution in [-0.4, -0.2) is 60.3 Å². The first kappa shape index (κ1) is 20.2. The number of rotatable bonds is 8. The number of thiazole rings is 1. The SMILES string of the molecule is CCSc1nc(CC(=O)N2CCC(C(=O)NC(C)COC)CC2)cs1. The van der Waals surface area contributed by atoms with Crippen LogP contribution in [0.4, 0.5) is 0 Å². The number of carbonyl (C=O) groups is 2. The number of hydrogen-bond donors (Lipinski definition) is 1. The van der Waals surface area contributed by atoms with Crippen LogP contribution in [0.5, 0.6) is 0 Å². The molecule has 0 aliphatic carbocycles. The normalized spacial score (nSPS) is 16.7. The van der Waals surface area contributed by atoms with E-state index in [0.717, 1.165) is 15.8 Å². The van der Waals surface area contributed by atoms with Gasteiger partial charge >= 0.3 is 0 Å². The Morgan fingerprint density at radius 2 is 2.20 bits per heavy atom. The first-order chi connectivity index (χ1) is 12.0. The first-order valence-electron chi connectivity index (χ1n) is 8.67. The van der Waals surface area contributed by atoms with Crippen molar-refractivity contribution in [3.63, 3.8) is 0 Å². The molecule has 1 atom stereocenters. The number of likely N-dealkylation sites (tertiary alicyclic amines) is 1. The van der Waals surface area contributed by atoms with Crippen molar-refractivity contribution >= 4 is 34.9 Å². The van der Waals surface area contributed by atoms with Crippen molar-refractivity contribution in [3.8, 4) is 0 Å². The second kappa shape index (κ2) is 10.1. The van der Waals surface area contributed by atoms with Gasteiger partial charge in [-0.15, -0.1) is 11.3 Å². The van der Waals surface area contributed by atoms with Crippen molar-refractivity contribution in [2.24, 2.45) is 5.92 Å². The van der Waals surface area contributed by atoms with Crippen molar-refractivity contribution in [2.75, 3.05) is 32.6 Å². The maximum absolute atomic E-state index is 12.4. The molecule has 1 saturated heterocycles. The summed E-state index contributed by atoms with van der Waals surface area (Å²) in [7, 11) is 1.62. The van der Waals surface area contributed by atoms with E-state index in [-0.39, 0.29) is 23.8 Å². The lowest BCUT2D eigenvalue weighted by Crippen LogP contribution is -2.46. The third-order valence-electron chi connectivity index (χ3n) is 4.15. The molecule has 2 amide bonds. The Balaban J connectivity index is 1.76. The summed E-state index contributed by atoms with van der Waals surface area (Å²) in [6.07, 6.45) is 1.78. The molecule has 1 aliphatic rings. The number of nitrogens with one attached hydrogen (secondary N) is 1. The van der Waals surface area contributed by atoms with Crippen LogP contribution in [-0.2, 0) is 20.7 Å².